The van der Waals surface area contributed by atoms with Gasteiger partial charge in [0.05, 0.1) is 5.52 Å². The molecule has 0 unspecified atom stereocenters. The number of hydrogen-bond acceptors (Lipinski definition) is 4. The second kappa shape index (κ2) is 6.13. The average Bonchev–Trinajstić information content (AvgIpc) is 2.92. The molecule has 1 N–H and O–H groups in total. The van der Waals surface area contributed by atoms with Crippen LogP contribution in [0.2, 0.25) is 0 Å². The molecule has 0 saturated heterocycles. The minimum absolute atomic E-state index is 0.246. The van der Waals surface area contributed by atoms with E-state index < -0.39 is 11.7 Å². The van der Waals surface area contributed by atoms with Crippen LogP contribution in [0.5, 0.6) is 0 Å². The summed E-state index contributed by atoms with van der Waals surface area (Å²) in [5.41, 5.74) is 2.58. The van der Waals surface area contributed by atoms with E-state index in [1.807, 2.05) is 57.2 Å². The van der Waals surface area contributed by atoms with E-state index in [4.69, 9.17) is 4.74 Å². The van der Waals surface area contributed by atoms with E-state index in [-0.39, 0.29) is 7.48 Å². The van der Waals surface area contributed by atoms with E-state index in [1.54, 1.807) is 12.4 Å². The largest absolute Gasteiger partial charge is 0.448 e. The van der Waals surface area contributed by atoms with Gasteiger partial charge in [0.25, 0.3) is 0 Å². The molecule has 5 nitrogen and oxygen atoms in total. The van der Waals surface area contributed by atoms with Crippen molar-refractivity contribution in [2.24, 2.45) is 0 Å². The number of aromatic nitrogens is 2. The van der Waals surface area contributed by atoms with Gasteiger partial charge in [0, 0.05) is 23.4 Å². The first-order valence-corrected chi connectivity index (χ1v) is 7.78. The molecule has 1 aromatic carbocycles. The summed E-state index contributed by atoms with van der Waals surface area (Å²) in [6.45, 7) is 5.45. The highest BCUT2D eigenvalue weighted by Crippen LogP contribution is 2.28. The summed E-state index contributed by atoms with van der Waals surface area (Å²) in [4.78, 5) is 16.6. The van der Waals surface area contributed by atoms with Crippen LogP contribution in [-0.4, -0.2) is 33.8 Å². The highest BCUT2D eigenvalue weighted by atomic mass is 16.6. The van der Waals surface area contributed by atoms with Crippen molar-refractivity contribution in [3.8, 4) is 11.1 Å². The van der Waals surface area contributed by atoms with E-state index in [0.717, 1.165) is 16.5 Å². The number of pyridine rings is 1. The fourth-order valence-electron chi connectivity index (χ4n) is 2.71. The molecule has 0 atom stereocenters. The molecule has 0 aliphatic carbocycles. The third-order valence-corrected chi connectivity index (χ3v) is 3.65. The first kappa shape index (κ1) is 16.3. The van der Waals surface area contributed by atoms with Crippen LogP contribution in [0.4, 0.5) is 4.79 Å². The van der Waals surface area contributed by atoms with Crippen molar-refractivity contribution in [2.45, 2.75) is 26.4 Å². The Hall–Kier alpha value is -2.60. The quantitative estimate of drug-likeness (QED) is 0.736. The van der Waals surface area contributed by atoms with Crippen molar-refractivity contribution in [3.05, 3.63) is 48.8 Å². The smallest absolute Gasteiger partial charge is 0.418 e. The molecule has 0 spiro atoms. The molecular formula is C18H19BN2O3. The Morgan fingerprint density at radius 2 is 1.92 bits per heavy atom. The van der Waals surface area contributed by atoms with Gasteiger partial charge in [-0.05, 0) is 56.2 Å². The first-order valence-electron chi connectivity index (χ1n) is 7.78. The highest BCUT2D eigenvalue weighted by molar-refractivity contribution is 6.46. The molecule has 6 heteroatoms. The summed E-state index contributed by atoms with van der Waals surface area (Å²) >= 11 is 0. The molecule has 24 heavy (non-hydrogen) atoms. The number of carbonyl (C=O) groups excluding carboxylic acids is 1. The number of nitrogens with zero attached hydrogens (tertiary/aromatic N) is 2. The van der Waals surface area contributed by atoms with Crippen LogP contribution in [0, 0.1) is 0 Å². The zero-order valence-electron chi connectivity index (χ0n) is 14.0. The number of rotatable bonds is 2. The summed E-state index contributed by atoms with van der Waals surface area (Å²) in [6, 6.07) is 11.4. The molecular weight excluding hydrogens is 303 g/mol. The van der Waals surface area contributed by atoms with Crippen LogP contribution in [0.15, 0.2) is 48.8 Å². The van der Waals surface area contributed by atoms with Crippen LogP contribution >= 0.6 is 0 Å². The van der Waals surface area contributed by atoms with Crippen molar-refractivity contribution < 1.29 is 14.6 Å². The molecule has 0 amide bonds. The predicted octanol–water partition coefficient (Wildman–Crippen LogP) is 2.46. The number of carbonyl (C=O) groups is 1. The summed E-state index contributed by atoms with van der Waals surface area (Å²) in [6.07, 6.45) is 2.96. The molecule has 0 radical (unpaired) electrons. The van der Waals surface area contributed by atoms with E-state index in [0.29, 0.717) is 11.1 Å². The molecule has 0 aliphatic rings. The molecule has 2 aromatic heterocycles. The topological polar surface area (TPSA) is 64.3 Å². The van der Waals surface area contributed by atoms with E-state index in [2.05, 4.69) is 4.98 Å². The molecule has 3 rings (SSSR count). The van der Waals surface area contributed by atoms with Crippen molar-refractivity contribution in [1.29, 1.82) is 0 Å². The molecule has 2 heterocycles. The second-order valence-corrected chi connectivity index (χ2v) is 6.58. The third kappa shape index (κ3) is 3.05. The van der Waals surface area contributed by atoms with Gasteiger partial charge in [-0.1, -0.05) is 12.1 Å². The monoisotopic (exact) mass is 322 g/mol. The molecule has 0 bridgehead atoms. The summed E-state index contributed by atoms with van der Waals surface area (Å²) in [5, 5.41) is 10.6. The number of fused-ring (bicyclic) bond motifs is 1. The zero-order valence-corrected chi connectivity index (χ0v) is 14.0. The Labute approximate surface area is 141 Å². The van der Waals surface area contributed by atoms with Gasteiger partial charge in [0.2, 0.25) is 0 Å². The summed E-state index contributed by atoms with van der Waals surface area (Å²) < 4.78 is 6.92. The Balaban J connectivity index is 2.19. The lowest BCUT2D eigenvalue weighted by atomic mass is 9.95. The van der Waals surface area contributed by atoms with Crippen LogP contribution in [0.3, 0.4) is 0 Å². The Morgan fingerprint density at radius 1 is 1.21 bits per heavy atom. The Morgan fingerprint density at radius 3 is 2.54 bits per heavy atom. The van der Waals surface area contributed by atoms with E-state index >= 15 is 0 Å². The number of benzene rings is 1. The maximum absolute atomic E-state index is 12.6. The van der Waals surface area contributed by atoms with Gasteiger partial charge in [-0.2, -0.15) is 0 Å². The zero-order chi connectivity index (χ0) is 17.3. The predicted molar refractivity (Wildman–Crippen MR) is 95.8 cm³/mol. The minimum atomic E-state index is -0.608. The lowest BCUT2D eigenvalue weighted by molar-refractivity contribution is 0.0549. The van der Waals surface area contributed by atoms with Gasteiger partial charge in [0.15, 0.2) is 0 Å². The van der Waals surface area contributed by atoms with E-state index in [1.165, 1.54) is 4.57 Å². The molecule has 0 fully saturated rings. The fraction of sp³-hybridized carbons (Fsp3) is 0.222. The lowest BCUT2D eigenvalue weighted by Gasteiger charge is -2.20. The fourth-order valence-corrected chi connectivity index (χ4v) is 2.71. The average molecular weight is 322 g/mol. The Bertz CT molecular complexity index is 882. The maximum atomic E-state index is 12.6. The normalized spacial score (nSPS) is 11.5. The van der Waals surface area contributed by atoms with Crippen LogP contribution in [0.1, 0.15) is 20.8 Å². The molecule has 0 aliphatic heterocycles. The lowest BCUT2D eigenvalue weighted by Crippen LogP contribution is -2.34. The van der Waals surface area contributed by atoms with Gasteiger partial charge in [-0.15, -0.1) is 0 Å². The standard InChI is InChI=1S/C18H19BN2O3/c1-18(2,3)24-17(22)21-15-6-4-5-13(12-7-9-20-10-8-12)14(15)11-16(21)19-23/h4-11,19,23H,1-3H3. The van der Waals surface area contributed by atoms with Gasteiger partial charge in [0.1, 0.15) is 5.60 Å². The van der Waals surface area contributed by atoms with Gasteiger partial charge in [-0.3, -0.25) is 9.55 Å². The van der Waals surface area contributed by atoms with Gasteiger partial charge < -0.3 is 9.76 Å². The van der Waals surface area contributed by atoms with E-state index in [9.17, 15) is 9.82 Å². The van der Waals surface area contributed by atoms with Crippen molar-refractivity contribution in [3.63, 3.8) is 0 Å². The second-order valence-electron chi connectivity index (χ2n) is 6.58. The van der Waals surface area contributed by atoms with Crippen molar-refractivity contribution in [2.75, 3.05) is 0 Å². The maximum Gasteiger partial charge on any atom is 0.418 e. The molecule has 122 valence electrons. The number of ether oxygens (including phenoxy) is 1. The van der Waals surface area contributed by atoms with Crippen LogP contribution in [0.25, 0.3) is 22.0 Å². The van der Waals surface area contributed by atoms with Crippen LogP contribution in [-0.2, 0) is 4.74 Å². The highest BCUT2D eigenvalue weighted by Gasteiger charge is 2.23. The Kier molecular flexibility index (Phi) is 4.16. The molecule has 3 aromatic rings. The summed E-state index contributed by atoms with van der Waals surface area (Å²) in [5.74, 6) is 0. The number of hydrogen-bond donors (Lipinski definition) is 1. The minimum Gasteiger partial charge on any atom is -0.448 e. The van der Waals surface area contributed by atoms with Crippen molar-refractivity contribution in [1.82, 2.24) is 9.55 Å². The third-order valence-electron chi connectivity index (χ3n) is 3.65. The summed E-state index contributed by atoms with van der Waals surface area (Å²) in [7, 11) is -0.246. The first-order chi connectivity index (χ1) is 11.4. The van der Waals surface area contributed by atoms with Gasteiger partial charge in [-0.25, -0.2) is 4.79 Å². The van der Waals surface area contributed by atoms with Crippen molar-refractivity contribution >= 4 is 30.1 Å². The molecule has 0 saturated carbocycles. The van der Waals surface area contributed by atoms with Crippen LogP contribution < -0.4 is 5.59 Å². The van der Waals surface area contributed by atoms with Gasteiger partial charge >= 0.3 is 13.6 Å². The SMILES string of the molecule is CC(C)(C)OC(=O)n1c(BO)cc2c(-c3ccncc3)cccc21.